The van der Waals surface area contributed by atoms with E-state index in [-0.39, 0.29) is 0 Å². The highest BCUT2D eigenvalue weighted by Gasteiger charge is 2.42. The predicted molar refractivity (Wildman–Crippen MR) is 86.3 cm³/mol. The molecule has 0 radical (unpaired) electrons. The lowest BCUT2D eigenvalue weighted by molar-refractivity contribution is -0.143. The lowest BCUT2D eigenvalue weighted by atomic mass is 9.79. The first kappa shape index (κ1) is 15.4. The highest BCUT2D eigenvalue weighted by atomic mass is 16.5. The summed E-state index contributed by atoms with van der Waals surface area (Å²) in [6, 6.07) is 7.80. The van der Waals surface area contributed by atoms with Crippen LogP contribution in [0.3, 0.4) is 0 Å². The van der Waals surface area contributed by atoms with E-state index in [4.69, 9.17) is 4.74 Å². The number of rotatable bonds is 5. The molecule has 120 valence electrons. The maximum Gasteiger partial charge on any atom is 0.314 e. The Morgan fingerprint density at radius 2 is 1.68 bits per heavy atom. The molecule has 2 fully saturated rings. The van der Waals surface area contributed by atoms with E-state index < -0.39 is 11.4 Å². The third-order valence-corrected chi connectivity index (χ3v) is 5.48. The highest BCUT2D eigenvalue weighted by Crippen LogP contribution is 2.41. The van der Waals surface area contributed by atoms with Gasteiger partial charge >= 0.3 is 5.97 Å². The van der Waals surface area contributed by atoms with Gasteiger partial charge in [0, 0.05) is 0 Å². The number of carbonyl (C=O) groups is 1. The van der Waals surface area contributed by atoms with Gasteiger partial charge in [0.15, 0.2) is 0 Å². The van der Waals surface area contributed by atoms with Gasteiger partial charge in [-0.15, -0.1) is 0 Å². The van der Waals surface area contributed by atoms with Gasteiger partial charge in [0.05, 0.1) is 12.0 Å². The summed E-state index contributed by atoms with van der Waals surface area (Å²) in [5.74, 6) is 0.877. The second kappa shape index (κ2) is 6.72. The molecule has 2 saturated carbocycles. The van der Waals surface area contributed by atoms with Crippen molar-refractivity contribution in [2.24, 2.45) is 5.92 Å². The van der Waals surface area contributed by atoms with Crippen molar-refractivity contribution in [3.05, 3.63) is 29.8 Å². The van der Waals surface area contributed by atoms with Crippen molar-refractivity contribution in [1.82, 2.24) is 0 Å². The van der Waals surface area contributed by atoms with E-state index in [0.29, 0.717) is 5.92 Å². The van der Waals surface area contributed by atoms with Gasteiger partial charge in [0.2, 0.25) is 0 Å². The van der Waals surface area contributed by atoms with Gasteiger partial charge in [-0.2, -0.15) is 0 Å². The Morgan fingerprint density at radius 1 is 1.05 bits per heavy atom. The van der Waals surface area contributed by atoms with Crippen LogP contribution in [0.25, 0.3) is 0 Å². The van der Waals surface area contributed by atoms with Gasteiger partial charge in [-0.25, -0.2) is 0 Å². The molecule has 2 aliphatic rings. The molecule has 1 aromatic rings. The number of hydrogen-bond donors (Lipinski definition) is 1. The third kappa shape index (κ3) is 3.13. The molecule has 3 rings (SSSR count). The number of ether oxygens (including phenoxy) is 1. The highest BCUT2D eigenvalue weighted by molar-refractivity contribution is 5.81. The van der Waals surface area contributed by atoms with Crippen molar-refractivity contribution < 1.29 is 14.6 Å². The molecule has 0 bridgehead atoms. The Morgan fingerprint density at radius 3 is 2.27 bits per heavy atom. The minimum Gasteiger partial charge on any atom is -0.493 e. The molecule has 1 N–H and O–H groups in total. The van der Waals surface area contributed by atoms with Crippen LogP contribution in [0, 0.1) is 5.92 Å². The van der Waals surface area contributed by atoms with Crippen LogP contribution in [0.2, 0.25) is 0 Å². The average Bonchev–Trinajstić information content (AvgIpc) is 3.05. The summed E-state index contributed by atoms with van der Waals surface area (Å²) < 4.78 is 5.91. The van der Waals surface area contributed by atoms with Gasteiger partial charge in [0.1, 0.15) is 5.75 Å². The SMILES string of the molecule is O=C(O)C1(c2ccc(OCC3CCCCC3)cc2)CCCC1. The van der Waals surface area contributed by atoms with Crippen molar-refractivity contribution in [2.75, 3.05) is 6.61 Å². The summed E-state index contributed by atoms with van der Waals surface area (Å²) in [5, 5.41) is 9.63. The monoisotopic (exact) mass is 302 g/mol. The number of carboxylic acids is 1. The minimum atomic E-state index is -0.680. The van der Waals surface area contributed by atoms with E-state index in [1.54, 1.807) is 0 Å². The fourth-order valence-electron chi connectivity index (χ4n) is 4.04. The second-order valence-electron chi connectivity index (χ2n) is 6.93. The molecule has 0 aromatic heterocycles. The molecule has 3 nitrogen and oxygen atoms in total. The molecule has 0 unspecified atom stereocenters. The van der Waals surface area contributed by atoms with Crippen molar-refractivity contribution in [2.45, 2.75) is 63.2 Å². The van der Waals surface area contributed by atoms with E-state index in [0.717, 1.165) is 43.6 Å². The smallest absolute Gasteiger partial charge is 0.314 e. The van der Waals surface area contributed by atoms with E-state index in [2.05, 4.69) is 0 Å². The zero-order valence-corrected chi connectivity index (χ0v) is 13.2. The van der Waals surface area contributed by atoms with Gasteiger partial charge in [-0.05, 0) is 49.3 Å². The topological polar surface area (TPSA) is 46.5 Å². The van der Waals surface area contributed by atoms with Crippen molar-refractivity contribution in [1.29, 1.82) is 0 Å². The molecule has 0 spiro atoms. The Balaban J connectivity index is 1.63. The van der Waals surface area contributed by atoms with E-state index in [9.17, 15) is 9.90 Å². The standard InChI is InChI=1S/C19H26O3/c20-18(21)19(12-4-5-13-19)16-8-10-17(11-9-16)22-14-15-6-2-1-3-7-15/h8-11,15H,1-7,12-14H2,(H,20,21). The number of benzene rings is 1. The lowest BCUT2D eigenvalue weighted by Gasteiger charge is -2.25. The Kier molecular flexibility index (Phi) is 4.70. The van der Waals surface area contributed by atoms with E-state index in [1.807, 2.05) is 24.3 Å². The zero-order chi connectivity index (χ0) is 15.4. The van der Waals surface area contributed by atoms with E-state index in [1.165, 1.54) is 32.1 Å². The Hall–Kier alpha value is -1.51. The van der Waals surface area contributed by atoms with Crippen molar-refractivity contribution in [3.63, 3.8) is 0 Å². The van der Waals surface area contributed by atoms with Gasteiger partial charge in [-0.3, -0.25) is 4.79 Å². The lowest BCUT2D eigenvalue weighted by Crippen LogP contribution is -2.32. The summed E-state index contributed by atoms with van der Waals surface area (Å²) in [6.45, 7) is 0.795. The van der Waals surface area contributed by atoms with Crippen LogP contribution in [0.4, 0.5) is 0 Å². The predicted octanol–water partition coefficient (Wildman–Crippen LogP) is 4.54. The Labute approximate surface area is 132 Å². The Bertz CT molecular complexity index is 494. The number of carboxylic acid groups (broad SMARTS) is 1. The zero-order valence-electron chi connectivity index (χ0n) is 13.2. The summed E-state index contributed by atoms with van der Waals surface area (Å²) in [4.78, 5) is 11.7. The molecular formula is C19H26O3. The first-order valence-corrected chi connectivity index (χ1v) is 8.67. The van der Waals surface area contributed by atoms with Crippen LogP contribution < -0.4 is 4.74 Å². The molecule has 0 aliphatic heterocycles. The quantitative estimate of drug-likeness (QED) is 0.868. The molecule has 1 aromatic carbocycles. The fraction of sp³-hybridized carbons (Fsp3) is 0.632. The second-order valence-corrected chi connectivity index (χ2v) is 6.93. The summed E-state index contributed by atoms with van der Waals surface area (Å²) in [5.41, 5.74) is 0.268. The first-order valence-electron chi connectivity index (χ1n) is 8.67. The van der Waals surface area contributed by atoms with Crippen LogP contribution in [0.5, 0.6) is 5.75 Å². The van der Waals surface area contributed by atoms with Crippen molar-refractivity contribution in [3.8, 4) is 5.75 Å². The summed E-state index contributed by atoms with van der Waals surface area (Å²) in [6.07, 6.45) is 10.1. The van der Waals surface area contributed by atoms with Crippen molar-refractivity contribution >= 4 is 5.97 Å². The van der Waals surface area contributed by atoms with Crippen LogP contribution in [0.1, 0.15) is 63.4 Å². The third-order valence-electron chi connectivity index (χ3n) is 5.48. The molecule has 22 heavy (non-hydrogen) atoms. The van der Waals surface area contributed by atoms with Crippen LogP contribution >= 0.6 is 0 Å². The molecule has 0 heterocycles. The first-order chi connectivity index (χ1) is 10.7. The minimum absolute atomic E-state index is 0.665. The fourth-order valence-corrected chi connectivity index (χ4v) is 4.04. The molecular weight excluding hydrogens is 276 g/mol. The normalized spacial score (nSPS) is 21.6. The molecule has 0 amide bonds. The maximum absolute atomic E-state index is 11.7. The van der Waals surface area contributed by atoms with Gasteiger partial charge in [0.25, 0.3) is 0 Å². The van der Waals surface area contributed by atoms with Gasteiger partial charge < -0.3 is 9.84 Å². The summed E-state index contributed by atoms with van der Waals surface area (Å²) >= 11 is 0. The van der Waals surface area contributed by atoms with Crippen LogP contribution in [-0.4, -0.2) is 17.7 Å². The molecule has 0 atom stereocenters. The average molecular weight is 302 g/mol. The number of hydrogen-bond acceptors (Lipinski definition) is 2. The van der Waals surface area contributed by atoms with Crippen LogP contribution in [-0.2, 0) is 10.2 Å². The molecule has 3 heteroatoms. The maximum atomic E-state index is 11.7. The largest absolute Gasteiger partial charge is 0.493 e. The number of aliphatic carboxylic acids is 1. The molecule has 0 saturated heterocycles. The summed E-state index contributed by atoms with van der Waals surface area (Å²) in [7, 11) is 0. The molecule has 2 aliphatic carbocycles. The van der Waals surface area contributed by atoms with Gasteiger partial charge in [-0.1, -0.05) is 44.2 Å². The van der Waals surface area contributed by atoms with E-state index >= 15 is 0 Å². The van der Waals surface area contributed by atoms with Crippen LogP contribution in [0.15, 0.2) is 24.3 Å².